The van der Waals surface area contributed by atoms with Crippen molar-refractivity contribution >= 4 is 12.0 Å². The number of aromatic nitrogens is 2. The summed E-state index contributed by atoms with van der Waals surface area (Å²) >= 11 is 0. The highest BCUT2D eigenvalue weighted by Gasteiger charge is 2.16. The van der Waals surface area contributed by atoms with Gasteiger partial charge in [-0.25, -0.2) is 0 Å². The minimum absolute atomic E-state index is 0.0880. The fourth-order valence-electron chi connectivity index (χ4n) is 3.55. The third kappa shape index (κ3) is 6.57. The Morgan fingerprint density at radius 2 is 1.60 bits per heavy atom. The molecule has 0 aliphatic heterocycles. The van der Waals surface area contributed by atoms with Crippen LogP contribution in [0.15, 0.2) is 89.5 Å². The van der Waals surface area contributed by atoms with Gasteiger partial charge in [0.1, 0.15) is 11.5 Å². The summed E-state index contributed by atoms with van der Waals surface area (Å²) in [5, 5.41) is 4.11. The van der Waals surface area contributed by atoms with E-state index in [1.807, 2.05) is 78.9 Å². The first-order chi connectivity index (χ1) is 17.1. The van der Waals surface area contributed by atoms with Crippen molar-refractivity contribution in [1.82, 2.24) is 15.0 Å². The molecule has 4 aromatic rings. The van der Waals surface area contributed by atoms with Crippen LogP contribution < -0.4 is 9.47 Å². The summed E-state index contributed by atoms with van der Waals surface area (Å²) in [5.41, 5.74) is 2.73. The number of carbonyl (C=O) groups is 1. The van der Waals surface area contributed by atoms with Gasteiger partial charge in [0.2, 0.25) is 17.6 Å². The SMILES string of the molecule is COc1cc(OC)cc(-c2noc(CCN(Cc3ccccc3)C(=O)C=Cc3ccccc3)n2)c1. The molecule has 0 unspecified atom stereocenters. The van der Waals surface area contributed by atoms with Crippen LogP contribution in [0.1, 0.15) is 17.0 Å². The largest absolute Gasteiger partial charge is 0.497 e. The molecular weight excluding hydrogens is 442 g/mol. The van der Waals surface area contributed by atoms with Crippen LogP contribution in [0.2, 0.25) is 0 Å². The fourth-order valence-corrected chi connectivity index (χ4v) is 3.55. The molecule has 0 fully saturated rings. The average Bonchev–Trinajstić information content (AvgIpc) is 3.39. The maximum atomic E-state index is 13.1. The first-order valence-corrected chi connectivity index (χ1v) is 11.3. The second-order valence-electron chi connectivity index (χ2n) is 7.85. The molecule has 0 bridgehead atoms. The van der Waals surface area contributed by atoms with Crippen molar-refractivity contribution in [2.75, 3.05) is 20.8 Å². The molecule has 1 heterocycles. The summed E-state index contributed by atoms with van der Waals surface area (Å²) in [5.74, 6) is 2.06. The van der Waals surface area contributed by atoms with Gasteiger partial charge in [-0.1, -0.05) is 65.8 Å². The molecule has 178 valence electrons. The van der Waals surface area contributed by atoms with Crippen molar-refractivity contribution in [2.24, 2.45) is 0 Å². The Hall–Kier alpha value is -4.39. The van der Waals surface area contributed by atoms with E-state index in [1.165, 1.54) is 0 Å². The molecular formula is C28H27N3O4. The van der Waals surface area contributed by atoms with E-state index in [0.717, 1.165) is 16.7 Å². The van der Waals surface area contributed by atoms with E-state index in [0.29, 0.717) is 42.7 Å². The Morgan fingerprint density at radius 1 is 0.943 bits per heavy atom. The van der Waals surface area contributed by atoms with Gasteiger partial charge in [-0.2, -0.15) is 4.98 Å². The predicted octanol–water partition coefficient (Wildman–Crippen LogP) is 5.04. The lowest BCUT2D eigenvalue weighted by atomic mass is 10.2. The zero-order chi connectivity index (χ0) is 24.5. The summed E-state index contributed by atoms with van der Waals surface area (Å²) in [6.45, 7) is 0.906. The van der Waals surface area contributed by atoms with Crippen LogP contribution in [0.25, 0.3) is 17.5 Å². The molecule has 0 saturated carbocycles. The van der Waals surface area contributed by atoms with E-state index >= 15 is 0 Å². The third-order valence-electron chi connectivity index (χ3n) is 5.42. The van der Waals surface area contributed by atoms with E-state index in [2.05, 4.69) is 10.1 Å². The van der Waals surface area contributed by atoms with Crippen LogP contribution in [0.3, 0.4) is 0 Å². The lowest BCUT2D eigenvalue weighted by molar-refractivity contribution is -0.126. The maximum absolute atomic E-state index is 13.1. The van der Waals surface area contributed by atoms with Crippen molar-refractivity contribution in [2.45, 2.75) is 13.0 Å². The van der Waals surface area contributed by atoms with Crippen LogP contribution >= 0.6 is 0 Å². The Labute approximate surface area is 204 Å². The van der Waals surface area contributed by atoms with Crippen molar-refractivity contribution in [3.8, 4) is 22.9 Å². The molecule has 3 aromatic carbocycles. The second kappa shape index (κ2) is 11.7. The van der Waals surface area contributed by atoms with Crippen LogP contribution in [-0.4, -0.2) is 41.7 Å². The van der Waals surface area contributed by atoms with E-state index in [9.17, 15) is 4.79 Å². The lowest BCUT2D eigenvalue weighted by Crippen LogP contribution is -2.31. The molecule has 0 radical (unpaired) electrons. The quantitative estimate of drug-likeness (QED) is 0.303. The first kappa shape index (κ1) is 23.8. The van der Waals surface area contributed by atoms with Gasteiger partial charge in [0.15, 0.2) is 0 Å². The minimum Gasteiger partial charge on any atom is -0.497 e. The topological polar surface area (TPSA) is 77.7 Å². The number of nitrogens with zero attached hydrogens (tertiary/aromatic N) is 3. The van der Waals surface area contributed by atoms with Crippen molar-refractivity contribution < 1.29 is 18.8 Å². The van der Waals surface area contributed by atoms with Crippen LogP contribution in [0, 0.1) is 0 Å². The minimum atomic E-state index is -0.0880. The third-order valence-corrected chi connectivity index (χ3v) is 5.42. The fraction of sp³-hybridized carbons (Fsp3) is 0.179. The van der Waals surface area contributed by atoms with Gasteiger partial charge in [-0.15, -0.1) is 0 Å². The molecule has 4 rings (SSSR count). The summed E-state index contributed by atoms with van der Waals surface area (Å²) in [6, 6.07) is 25.0. The molecule has 0 spiro atoms. The standard InChI is InChI=1S/C28H27N3O4/c1-33-24-17-23(18-25(19-24)34-2)28-29-26(35-30-28)15-16-31(20-22-11-7-4-8-12-22)27(32)14-13-21-9-5-3-6-10-21/h3-14,17-19H,15-16,20H2,1-2H3. The summed E-state index contributed by atoms with van der Waals surface area (Å²) in [4.78, 5) is 19.3. The van der Waals surface area contributed by atoms with Crippen LogP contribution in [0.5, 0.6) is 11.5 Å². The number of rotatable bonds is 10. The zero-order valence-corrected chi connectivity index (χ0v) is 19.8. The van der Waals surface area contributed by atoms with Gasteiger partial charge in [-0.3, -0.25) is 4.79 Å². The number of amides is 1. The number of hydrogen-bond acceptors (Lipinski definition) is 6. The molecule has 0 N–H and O–H groups in total. The lowest BCUT2D eigenvalue weighted by Gasteiger charge is -2.20. The Balaban J connectivity index is 1.48. The number of hydrogen-bond donors (Lipinski definition) is 0. The molecule has 1 aromatic heterocycles. The molecule has 35 heavy (non-hydrogen) atoms. The smallest absolute Gasteiger partial charge is 0.246 e. The molecule has 0 aliphatic carbocycles. The molecule has 7 nitrogen and oxygen atoms in total. The molecule has 1 amide bonds. The van der Waals surface area contributed by atoms with Crippen LogP contribution in [0.4, 0.5) is 0 Å². The summed E-state index contributed by atoms with van der Waals surface area (Å²) in [6.07, 6.45) is 3.84. The molecule has 0 atom stereocenters. The normalized spacial score (nSPS) is 10.9. The van der Waals surface area contributed by atoms with Crippen LogP contribution in [-0.2, 0) is 17.8 Å². The van der Waals surface area contributed by atoms with Gasteiger partial charge in [0, 0.05) is 37.2 Å². The zero-order valence-electron chi connectivity index (χ0n) is 19.8. The van der Waals surface area contributed by atoms with E-state index in [4.69, 9.17) is 14.0 Å². The van der Waals surface area contributed by atoms with Gasteiger partial charge in [-0.05, 0) is 29.3 Å². The molecule has 7 heteroatoms. The first-order valence-electron chi connectivity index (χ1n) is 11.3. The van der Waals surface area contributed by atoms with Crippen molar-refractivity contribution in [1.29, 1.82) is 0 Å². The van der Waals surface area contributed by atoms with Gasteiger partial charge in [0.25, 0.3) is 0 Å². The average molecular weight is 470 g/mol. The predicted molar refractivity (Wildman–Crippen MR) is 134 cm³/mol. The maximum Gasteiger partial charge on any atom is 0.246 e. The second-order valence-corrected chi connectivity index (χ2v) is 7.85. The Bertz CT molecular complexity index is 1250. The highest BCUT2D eigenvalue weighted by atomic mass is 16.5. The van der Waals surface area contributed by atoms with Crippen molar-refractivity contribution in [3.05, 3.63) is 102 Å². The van der Waals surface area contributed by atoms with Gasteiger partial charge >= 0.3 is 0 Å². The number of ether oxygens (including phenoxy) is 2. The summed E-state index contributed by atoms with van der Waals surface area (Å²) < 4.78 is 16.1. The number of benzene rings is 3. The van der Waals surface area contributed by atoms with E-state index in [-0.39, 0.29) is 5.91 Å². The monoisotopic (exact) mass is 469 g/mol. The summed E-state index contributed by atoms with van der Waals surface area (Å²) in [7, 11) is 3.18. The number of carbonyl (C=O) groups excluding carboxylic acids is 1. The molecule has 0 saturated heterocycles. The van der Waals surface area contributed by atoms with Crippen molar-refractivity contribution in [3.63, 3.8) is 0 Å². The number of methoxy groups -OCH3 is 2. The van der Waals surface area contributed by atoms with E-state index < -0.39 is 0 Å². The molecule has 0 aliphatic rings. The highest BCUT2D eigenvalue weighted by molar-refractivity contribution is 5.91. The van der Waals surface area contributed by atoms with Gasteiger partial charge in [0.05, 0.1) is 14.2 Å². The van der Waals surface area contributed by atoms with Gasteiger partial charge < -0.3 is 18.9 Å². The Morgan fingerprint density at radius 3 is 2.26 bits per heavy atom. The highest BCUT2D eigenvalue weighted by Crippen LogP contribution is 2.28. The van der Waals surface area contributed by atoms with E-state index in [1.54, 1.807) is 31.3 Å². The Kier molecular flexibility index (Phi) is 7.91.